The SMILES string of the molecule is CO[C@H](C(=O)N/N=C\c1cccs1)c1ccccc1. The van der Waals surface area contributed by atoms with Gasteiger partial charge in [-0.1, -0.05) is 36.4 Å². The van der Waals surface area contributed by atoms with E-state index < -0.39 is 6.10 Å². The van der Waals surface area contributed by atoms with Crippen LogP contribution in [0.2, 0.25) is 0 Å². The van der Waals surface area contributed by atoms with Crippen LogP contribution in [0.1, 0.15) is 16.5 Å². The van der Waals surface area contributed by atoms with Crippen LogP contribution in [0.4, 0.5) is 0 Å². The molecule has 1 aromatic heterocycles. The molecule has 98 valence electrons. The molecule has 0 spiro atoms. The Morgan fingerprint density at radius 2 is 2.11 bits per heavy atom. The van der Waals surface area contributed by atoms with E-state index in [4.69, 9.17) is 4.74 Å². The number of methoxy groups -OCH3 is 1. The van der Waals surface area contributed by atoms with Crippen molar-refractivity contribution < 1.29 is 9.53 Å². The Morgan fingerprint density at radius 3 is 2.74 bits per heavy atom. The summed E-state index contributed by atoms with van der Waals surface area (Å²) in [5, 5.41) is 5.86. The van der Waals surface area contributed by atoms with E-state index in [9.17, 15) is 4.79 Å². The van der Waals surface area contributed by atoms with Crippen molar-refractivity contribution in [3.05, 3.63) is 58.3 Å². The number of carbonyl (C=O) groups excluding carboxylic acids is 1. The van der Waals surface area contributed by atoms with E-state index >= 15 is 0 Å². The summed E-state index contributed by atoms with van der Waals surface area (Å²) in [7, 11) is 1.50. The molecule has 0 unspecified atom stereocenters. The molecule has 2 rings (SSSR count). The summed E-state index contributed by atoms with van der Waals surface area (Å²) in [5.41, 5.74) is 3.28. The fourth-order valence-electron chi connectivity index (χ4n) is 1.61. The smallest absolute Gasteiger partial charge is 0.273 e. The number of rotatable bonds is 5. The minimum absolute atomic E-state index is 0.290. The predicted octanol–water partition coefficient (Wildman–Crippen LogP) is 2.59. The average molecular weight is 274 g/mol. The molecular formula is C14H14N2O2S. The second-order valence-corrected chi connectivity index (χ2v) is 4.76. The van der Waals surface area contributed by atoms with E-state index in [0.717, 1.165) is 10.4 Å². The van der Waals surface area contributed by atoms with Gasteiger partial charge in [-0.15, -0.1) is 11.3 Å². The van der Waals surface area contributed by atoms with E-state index in [-0.39, 0.29) is 5.91 Å². The molecule has 0 aliphatic rings. The van der Waals surface area contributed by atoms with Crippen molar-refractivity contribution in [1.29, 1.82) is 0 Å². The van der Waals surface area contributed by atoms with Crippen molar-refractivity contribution in [1.82, 2.24) is 5.43 Å². The van der Waals surface area contributed by atoms with Gasteiger partial charge < -0.3 is 4.74 Å². The topological polar surface area (TPSA) is 50.7 Å². The molecule has 1 amide bonds. The maximum absolute atomic E-state index is 12.0. The molecular weight excluding hydrogens is 260 g/mol. The summed E-state index contributed by atoms with van der Waals surface area (Å²) < 4.78 is 5.20. The van der Waals surface area contributed by atoms with Crippen LogP contribution < -0.4 is 5.43 Å². The Morgan fingerprint density at radius 1 is 1.32 bits per heavy atom. The van der Waals surface area contributed by atoms with Gasteiger partial charge >= 0.3 is 0 Å². The van der Waals surface area contributed by atoms with Gasteiger partial charge in [0, 0.05) is 12.0 Å². The van der Waals surface area contributed by atoms with E-state index in [1.165, 1.54) is 7.11 Å². The number of thiophene rings is 1. The van der Waals surface area contributed by atoms with Gasteiger partial charge in [0.1, 0.15) is 0 Å². The van der Waals surface area contributed by atoms with Gasteiger partial charge in [-0.05, 0) is 17.0 Å². The Balaban J connectivity index is 1.98. The van der Waals surface area contributed by atoms with Crippen molar-refractivity contribution in [3.63, 3.8) is 0 Å². The number of nitrogens with one attached hydrogen (secondary N) is 1. The third kappa shape index (κ3) is 3.74. The molecule has 2 aromatic rings. The normalized spacial score (nSPS) is 12.5. The Labute approximate surface area is 115 Å². The van der Waals surface area contributed by atoms with E-state index in [1.54, 1.807) is 17.6 Å². The molecule has 0 aliphatic carbocycles. The second-order valence-electron chi connectivity index (χ2n) is 3.78. The molecule has 1 aromatic carbocycles. The Hall–Kier alpha value is -1.98. The summed E-state index contributed by atoms with van der Waals surface area (Å²) in [4.78, 5) is 12.9. The third-order valence-electron chi connectivity index (χ3n) is 2.49. The monoisotopic (exact) mass is 274 g/mol. The summed E-state index contributed by atoms with van der Waals surface area (Å²) in [6.45, 7) is 0. The van der Waals surface area contributed by atoms with Crippen molar-refractivity contribution >= 4 is 23.5 Å². The lowest BCUT2D eigenvalue weighted by molar-refractivity contribution is -0.131. The van der Waals surface area contributed by atoms with Gasteiger partial charge in [0.25, 0.3) is 5.91 Å². The van der Waals surface area contributed by atoms with Crippen LogP contribution in [0.3, 0.4) is 0 Å². The molecule has 1 N–H and O–H groups in total. The summed E-state index contributed by atoms with van der Waals surface area (Å²) in [5.74, 6) is -0.290. The van der Waals surface area contributed by atoms with Crippen molar-refractivity contribution in [2.45, 2.75) is 6.10 Å². The van der Waals surface area contributed by atoms with Crippen molar-refractivity contribution in [2.75, 3.05) is 7.11 Å². The van der Waals surface area contributed by atoms with E-state index in [2.05, 4.69) is 10.5 Å². The average Bonchev–Trinajstić information content (AvgIpc) is 2.94. The molecule has 0 aliphatic heterocycles. The maximum atomic E-state index is 12.0. The quantitative estimate of drug-likeness (QED) is 0.673. The summed E-state index contributed by atoms with van der Waals surface area (Å²) >= 11 is 1.55. The number of hydrogen-bond donors (Lipinski definition) is 1. The lowest BCUT2D eigenvalue weighted by Crippen LogP contribution is -2.26. The Kier molecular flexibility index (Phi) is 4.83. The molecule has 19 heavy (non-hydrogen) atoms. The van der Waals surface area contributed by atoms with Gasteiger partial charge in [0.05, 0.1) is 6.21 Å². The predicted molar refractivity (Wildman–Crippen MR) is 76.2 cm³/mol. The highest BCUT2D eigenvalue weighted by Gasteiger charge is 2.18. The van der Waals surface area contributed by atoms with Gasteiger partial charge in [-0.3, -0.25) is 4.79 Å². The number of amides is 1. The number of hydrogen-bond acceptors (Lipinski definition) is 4. The lowest BCUT2D eigenvalue weighted by Gasteiger charge is -2.13. The standard InChI is InChI=1S/C14H14N2O2S/c1-18-13(11-6-3-2-4-7-11)14(17)16-15-10-12-8-5-9-19-12/h2-10,13H,1H3,(H,16,17)/b15-10-/t13-/m0/s1. The molecule has 1 atom stereocenters. The molecule has 0 bridgehead atoms. The van der Waals surface area contributed by atoms with Crippen LogP contribution in [0.5, 0.6) is 0 Å². The first-order valence-corrected chi connectivity index (χ1v) is 6.63. The number of ether oxygens (including phenoxy) is 1. The van der Waals surface area contributed by atoms with Crippen LogP contribution in [-0.2, 0) is 9.53 Å². The molecule has 0 radical (unpaired) electrons. The highest BCUT2D eigenvalue weighted by molar-refractivity contribution is 7.11. The van der Waals surface area contributed by atoms with E-state index in [0.29, 0.717) is 0 Å². The van der Waals surface area contributed by atoms with Crippen LogP contribution in [-0.4, -0.2) is 19.2 Å². The molecule has 0 fully saturated rings. The molecule has 0 saturated carbocycles. The zero-order valence-electron chi connectivity index (χ0n) is 10.4. The van der Waals surface area contributed by atoms with Gasteiger partial charge in [0.15, 0.2) is 6.10 Å². The fraction of sp³-hybridized carbons (Fsp3) is 0.143. The van der Waals surface area contributed by atoms with Crippen molar-refractivity contribution in [3.8, 4) is 0 Å². The first-order chi connectivity index (χ1) is 9.31. The number of carbonyl (C=O) groups is 1. The third-order valence-corrected chi connectivity index (χ3v) is 3.29. The largest absolute Gasteiger partial charge is 0.367 e. The fourth-order valence-corrected chi connectivity index (χ4v) is 2.19. The van der Waals surface area contributed by atoms with Crippen LogP contribution in [0.15, 0.2) is 52.9 Å². The number of benzene rings is 1. The van der Waals surface area contributed by atoms with Crippen LogP contribution in [0.25, 0.3) is 0 Å². The first-order valence-electron chi connectivity index (χ1n) is 5.75. The van der Waals surface area contributed by atoms with E-state index in [1.807, 2.05) is 47.8 Å². The second kappa shape index (κ2) is 6.82. The van der Waals surface area contributed by atoms with Gasteiger partial charge in [0.2, 0.25) is 0 Å². The minimum atomic E-state index is -0.651. The van der Waals surface area contributed by atoms with Gasteiger partial charge in [-0.25, -0.2) is 5.43 Å². The lowest BCUT2D eigenvalue weighted by atomic mass is 10.1. The minimum Gasteiger partial charge on any atom is -0.367 e. The Bertz CT molecular complexity index is 538. The summed E-state index contributed by atoms with van der Waals surface area (Å²) in [6, 6.07) is 13.2. The molecule has 1 heterocycles. The van der Waals surface area contributed by atoms with Crippen LogP contribution in [0, 0.1) is 0 Å². The highest BCUT2D eigenvalue weighted by atomic mass is 32.1. The maximum Gasteiger partial charge on any atom is 0.273 e. The zero-order valence-corrected chi connectivity index (χ0v) is 11.3. The van der Waals surface area contributed by atoms with Crippen molar-refractivity contribution in [2.24, 2.45) is 5.10 Å². The van der Waals surface area contributed by atoms with Gasteiger partial charge in [-0.2, -0.15) is 5.10 Å². The molecule has 4 nitrogen and oxygen atoms in total. The first kappa shape index (κ1) is 13.5. The highest BCUT2D eigenvalue weighted by Crippen LogP contribution is 2.16. The van der Waals surface area contributed by atoms with Crippen LogP contribution >= 0.6 is 11.3 Å². The molecule has 0 saturated heterocycles. The number of hydrazone groups is 1. The number of nitrogens with zero attached hydrogens (tertiary/aromatic N) is 1. The molecule has 5 heteroatoms. The zero-order chi connectivity index (χ0) is 13.5. The summed E-state index contributed by atoms with van der Waals surface area (Å²) in [6.07, 6.45) is 0.960.